The molecule has 0 saturated carbocycles. The van der Waals surface area contributed by atoms with E-state index in [-0.39, 0.29) is 50.4 Å². The molecule has 0 saturated heterocycles. The van der Waals surface area contributed by atoms with Crippen LogP contribution in [0.2, 0.25) is 0 Å². The molecule has 45 heavy (non-hydrogen) atoms. The Morgan fingerprint density at radius 3 is 1.69 bits per heavy atom. The zero-order chi connectivity index (χ0) is 33.5. The number of hydrogen-bond donors (Lipinski definition) is 0. The Morgan fingerprint density at radius 2 is 1.11 bits per heavy atom. The standard InChI is InChI=1S/C27H33NO17/c1-19(29)45-21-10-5-4-9-20(21)27(35)39-13-6-2-3-11-22(30)40-16-24(32)42-18-26(34)43-17-25(33)41-15-23(31)38-12-7-8-14-44-28(36)37/h4-5,9-10H,2-3,6-8,11-18H2,1H3. The highest BCUT2D eigenvalue weighted by molar-refractivity contribution is 5.93. The molecule has 0 spiro atoms. The minimum Gasteiger partial charge on any atom is -0.463 e. The largest absolute Gasteiger partial charge is 0.463 e. The number of carbonyl (C=O) groups is 7. The number of unbranched alkanes of at least 4 members (excludes halogenated alkanes) is 3. The van der Waals surface area contributed by atoms with Crippen LogP contribution in [0.15, 0.2) is 24.3 Å². The first-order chi connectivity index (χ1) is 21.5. The second-order valence-corrected chi connectivity index (χ2v) is 8.66. The minimum atomic E-state index is -1.11. The second kappa shape index (κ2) is 22.3. The average Bonchev–Trinajstić information content (AvgIpc) is 2.99. The van der Waals surface area contributed by atoms with Crippen molar-refractivity contribution in [2.75, 3.05) is 46.2 Å². The van der Waals surface area contributed by atoms with Gasteiger partial charge in [0.25, 0.3) is 5.09 Å². The molecule has 0 aliphatic rings. The van der Waals surface area contributed by atoms with E-state index in [1.807, 2.05) is 0 Å². The summed E-state index contributed by atoms with van der Waals surface area (Å²) >= 11 is 0. The van der Waals surface area contributed by atoms with Gasteiger partial charge in [0.1, 0.15) is 11.3 Å². The van der Waals surface area contributed by atoms with E-state index in [0.29, 0.717) is 19.3 Å². The van der Waals surface area contributed by atoms with E-state index in [1.165, 1.54) is 19.1 Å². The van der Waals surface area contributed by atoms with E-state index in [2.05, 4.69) is 19.0 Å². The van der Waals surface area contributed by atoms with E-state index >= 15 is 0 Å². The van der Waals surface area contributed by atoms with Crippen molar-refractivity contribution in [1.82, 2.24) is 0 Å². The summed E-state index contributed by atoms with van der Waals surface area (Å²) in [6.07, 6.45) is 1.81. The smallest absolute Gasteiger partial charge is 0.344 e. The van der Waals surface area contributed by atoms with E-state index in [4.69, 9.17) is 18.9 Å². The van der Waals surface area contributed by atoms with Crippen LogP contribution in [0.4, 0.5) is 0 Å². The van der Waals surface area contributed by atoms with Crippen molar-refractivity contribution in [3.8, 4) is 5.75 Å². The van der Waals surface area contributed by atoms with E-state index in [9.17, 15) is 43.7 Å². The van der Waals surface area contributed by atoms with Gasteiger partial charge in [-0.3, -0.25) is 9.59 Å². The summed E-state index contributed by atoms with van der Waals surface area (Å²) < 4.78 is 33.3. The number of carbonyl (C=O) groups excluding carboxylic acids is 7. The van der Waals surface area contributed by atoms with Gasteiger partial charge < -0.3 is 38.0 Å². The molecule has 0 fully saturated rings. The summed E-state index contributed by atoms with van der Waals surface area (Å²) in [4.78, 5) is 95.4. The fraction of sp³-hybridized carbons (Fsp3) is 0.519. The number of rotatable bonds is 22. The average molecular weight is 644 g/mol. The van der Waals surface area contributed by atoms with Gasteiger partial charge >= 0.3 is 41.8 Å². The fourth-order valence-corrected chi connectivity index (χ4v) is 3.00. The third-order valence-corrected chi connectivity index (χ3v) is 5.02. The predicted molar refractivity (Wildman–Crippen MR) is 143 cm³/mol. The first-order valence-electron chi connectivity index (χ1n) is 13.5. The highest BCUT2D eigenvalue weighted by Crippen LogP contribution is 2.19. The summed E-state index contributed by atoms with van der Waals surface area (Å²) in [6.45, 7) is -2.25. The SMILES string of the molecule is CC(=O)Oc1ccccc1C(=O)OCCCCCC(=O)OCC(=O)OCC(=O)OCC(=O)OCC(=O)OCCCCO[N+](=O)[O-]. The summed E-state index contributed by atoms with van der Waals surface area (Å²) in [5, 5.41) is 9.03. The Hall–Kier alpha value is -5.29. The molecule has 0 aliphatic heterocycles. The van der Waals surface area contributed by atoms with Gasteiger partial charge in [-0.25, -0.2) is 24.0 Å². The molecule has 18 heteroatoms. The lowest BCUT2D eigenvalue weighted by Crippen LogP contribution is -2.24. The van der Waals surface area contributed by atoms with Crippen LogP contribution in [0.25, 0.3) is 0 Å². The Kier molecular flexibility index (Phi) is 18.7. The normalized spacial score (nSPS) is 10.1. The number of nitrogens with zero attached hydrogens (tertiary/aromatic N) is 1. The van der Waals surface area contributed by atoms with Crippen LogP contribution >= 0.6 is 0 Å². The van der Waals surface area contributed by atoms with Crippen molar-refractivity contribution in [1.29, 1.82) is 0 Å². The van der Waals surface area contributed by atoms with Gasteiger partial charge in [0.05, 0.1) is 19.8 Å². The molecule has 0 aliphatic carbocycles. The first kappa shape index (κ1) is 37.7. The molecular weight excluding hydrogens is 610 g/mol. The van der Waals surface area contributed by atoms with Crippen molar-refractivity contribution in [3.05, 3.63) is 39.9 Å². The lowest BCUT2D eigenvalue weighted by Gasteiger charge is -2.09. The van der Waals surface area contributed by atoms with Crippen LogP contribution in [0.5, 0.6) is 5.75 Å². The maximum atomic E-state index is 12.2. The monoisotopic (exact) mass is 643 g/mol. The first-order valence-corrected chi connectivity index (χ1v) is 13.5. The van der Waals surface area contributed by atoms with Crippen LogP contribution in [0.1, 0.15) is 55.8 Å². The Bertz CT molecular complexity index is 1180. The quantitative estimate of drug-likeness (QED) is 0.0428. The fourth-order valence-electron chi connectivity index (χ4n) is 3.00. The third kappa shape index (κ3) is 19.5. The molecule has 1 aromatic carbocycles. The molecule has 0 unspecified atom stereocenters. The molecule has 0 N–H and O–H groups in total. The molecule has 0 radical (unpaired) electrons. The van der Waals surface area contributed by atoms with Gasteiger partial charge in [-0.05, 0) is 44.2 Å². The van der Waals surface area contributed by atoms with Crippen LogP contribution in [0.3, 0.4) is 0 Å². The van der Waals surface area contributed by atoms with Crippen molar-refractivity contribution in [3.63, 3.8) is 0 Å². The zero-order valence-corrected chi connectivity index (χ0v) is 24.4. The number of ether oxygens (including phenoxy) is 7. The summed E-state index contributed by atoms with van der Waals surface area (Å²) in [5.41, 5.74) is 0.101. The van der Waals surface area contributed by atoms with Gasteiger partial charge in [0.2, 0.25) is 0 Å². The van der Waals surface area contributed by atoms with Crippen LogP contribution in [-0.4, -0.2) is 93.1 Å². The number of hydrogen-bond acceptors (Lipinski definition) is 17. The Labute approximate surface area is 256 Å². The van der Waals surface area contributed by atoms with E-state index < -0.39 is 73.3 Å². The zero-order valence-electron chi connectivity index (χ0n) is 24.4. The highest BCUT2D eigenvalue weighted by Gasteiger charge is 2.16. The number of benzene rings is 1. The molecule has 248 valence electrons. The molecule has 1 rings (SSSR count). The second-order valence-electron chi connectivity index (χ2n) is 8.66. The van der Waals surface area contributed by atoms with Crippen molar-refractivity contribution in [2.45, 2.75) is 45.4 Å². The molecule has 0 heterocycles. The molecule has 0 atom stereocenters. The summed E-state index contributed by atoms with van der Waals surface area (Å²) in [7, 11) is 0. The molecular formula is C27H33NO17. The molecule has 0 amide bonds. The summed E-state index contributed by atoms with van der Waals surface area (Å²) in [6, 6.07) is 6.12. The van der Waals surface area contributed by atoms with E-state index in [1.54, 1.807) is 12.1 Å². The maximum absolute atomic E-state index is 12.2. The van der Waals surface area contributed by atoms with E-state index in [0.717, 1.165) is 0 Å². The number of para-hydroxylation sites is 1. The predicted octanol–water partition coefficient (Wildman–Crippen LogP) is 1.03. The molecule has 1 aromatic rings. The minimum absolute atomic E-state index is 0.0346. The number of esters is 7. The summed E-state index contributed by atoms with van der Waals surface area (Å²) in [5.74, 6) is -5.99. The van der Waals surface area contributed by atoms with Crippen molar-refractivity contribution < 1.29 is 76.6 Å². The highest BCUT2D eigenvalue weighted by atomic mass is 16.9. The third-order valence-electron chi connectivity index (χ3n) is 5.02. The van der Waals surface area contributed by atoms with Gasteiger partial charge in [0.15, 0.2) is 26.4 Å². The maximum Gasteiger partial charge on any atom is 0.344 e. The van der Waals surface area contributed by atoms with Crippen LogP contribution in [-0.2, 0) is 62.0 Å². The van der Waals surface area contributed by atoms with Gasteiger partial charge in [0, 0.05) is 13.3 Å². The lowest BCUT2D eigenvalue weighted by atomic mass is 10.2. The van der Waals surface area contributed by atoms with Gasteiger partial charge in [-0.15, -0.1) is 10.1 Å². The van der Waals surface area contributed by atoms with Crippen LogP contribution < -0.4 is 4.74 Å². The molecule has 18 nitrogen and oxygen atoms in total. The van der Waals surface area contributed by atoms with Gasteiger partial charge in [-0.2, -0.15) is 0 Å². The van der Waals surface area contributed by atoms with Crippen LogP contribution in [0, 0.1) is 10.1 Å². The Balaban J connectivity index is 2.07. The molecule has 0 bridgehead atoms. The Morgan fingerprint density at radius 1 is 0.622 bits per heavy atom. The van der Waals surface area contributed by atoms with Gasteiger partial charge in [-0.1, -0.05) is 12.1 Å². The van der Waals surface area contributed by atoms with Crippen molar-refractivity contribution in [2.24, 2.45) is 0 Å². The van der Waals surface area contributed by atoms with Crippen molar-refractivity contribution >= 4 is 41.8 Å². The topological polar surface area (TPSA) is 236 Å². The lowest BCUT2D eigenvalue weighted by molar-refractivity contribution is -0.757. The molecule has 0 aromatic heterocycles.